The van der Waals surface area contributed by atoms with Crippen LogP contribution < -0.4 is 0 Å². The van der Waals surface area contributed by atoms with Gasteiger partial charge in [-0.3, -0.25) is 0 Å². The predicted molar refractivity (Wildman–Crippen MR) is 111 cm³/mol. The molecule has 152 valence electrons. The van der Waals surface area contributed by atoms with Crippen LogP contribution in [0.5, 0.6) is 0 Å². The highest BCUT2D eigenvalue weighted by atomic mass is 16.3. The lowest BCUT2D eigenvalue weighted by Gasteiger charge is -2.58. The molecule has 0 radical (unpaired) electrons. The van der Waals surface area contributed by atoms with E-state index < -0.39 is 0 Å². The summed E-state index contributed by atoms with van der Waals surface area (Å²) in [5, 5.41) is 20.8. The molecule has 0 aromatic heterocycles. The van der Waals surface area contributed by atoms with Crippen LogP contribution in [-0.4, -0.2) is 22.4 Å². The molecule has 4 rings (SSSR count). The number of hydrogen-bond acceptors (Lipinski definition) is 2. The number of aliphatic hydroxyl groups excluding tert-OH is 2. The Balaban J connectivity index is 1.58. The Kier molecular flexibility index (Phi) is 5.13. The summed E-state index contributed by atoms with van der Waals surface area (Å²) in [4.78, 5) is 0. The van der Waals surface area contributed by atoms with Gasteiger partial charge in [0.2, 0.25) is 0 Å². The summed E-state index contributed by atoms with van der Waals surface area (Å²) in [7, 11) is 0. The van der Waals surface area contributed by atoms with Gasteiger partial charge in [-0.25, -0.2) is 0 Å². The third kappa shape index (κ3) is 2.97. The van der Waals surface area contributed by atoms with Crippen LogP contribution in [0, 0.1) is 40.4 Å². The Labute approximate surface area is 166 Å². The molecule has 2 N–H and O–H groups in total. The Morgan fingerprint density at radius 1 is 1.19 bits per heavy atom. The SMILES string of the molecule is C=CC[C@H](O)[C@@H](C)[C@H]1CC[C@H]2[C@@H]3CC=C4C[C@@H](O)CC[C@]4(C)[C@H]3CC[C@]12C. The van der Waals surface area contributed by atoms with Crippen LogP contribution in [-0.2, 0) is 0 Å². The van der Waals surface area contributed by atoms with E-state index in [9.17, 15) is 10.2 Å². The van der Waals surface area contributed by atoms with Crippen molar-refractivity contribution >= 4 is 0 Å². The largest absolute Gasteiger partial charge is 0.393 e. The molecular weight excluding hydrogens is 332 g/mol. The number of fused-ring (bicyclic) bond motifs is 5. The Hall–Kier alpha value is -0.600. The van der Waals surface area contributed by atoms with Crippen LogP contribution in [0.4, 0.5) is 0 Å². The van der Waals surface area contributed by atoms with E-state index in [4.69, 9.17) is 0 Å². The Morgan fingerprint density at radius 2 is 1.96 bits per heavy atom. The normalized spacial score (nSPS) is 48.6. The maximum atomic E-state index is 10.6. The molecule has 2 heteroatoms. The van der Waals surface area contributed by atoms with Crippen LogP contribution in [0.2, 0.25) is 0 Å². The van der Waals surface area contributed by atoms with Crippen molar-refractivity contribution in [3.8, 4) is 0 Å². The zero-order valence-corrected chi connectivity index (χ0v) is 17.7. The second kappa shape index (κ2) is 7.02. The quantitative estimate of drug-likeness (QED) is 0.640. The fourth-order valence-corrected chi connectivity index (χ4v) is 8.20. The molecule has 3 saturated carbocycles. The minimum atomic E-state index is -0.240. The lowest BCUT2D eigenvalue weighted by atomic mass is 9.47. The summed E-state index contributed by atoms with van der Waals surface area (Å²) in [5.74, 6) is 3.42. The van der Waals surface area contributed by atoms with Gasteiger partial charge in [-0.1, -0.05) is 38.5 Å². The second-order valence-corrected chi connectivity index (χ2v) is 10.8. The molecule has 27 heavy (non-hydrogen) atoms. The van der Waals surface area contributed by atoms with Gasteiger partial charge in [0.1, 0.15) is 0 Å². The molecule has 0 bridgehead atoms. The van der Waals surface area contributed by atoms with E-state index in [0.717, 1.165) is 37.0 Å². The van der Waals surface area contributed by atoms with Crippen molar-refractivity contribution < 1.29 is 10.2 Å². The Morgan fingerprint density at radius 3 is 2.70 bits per heavy atom. The van der Waals surface area contributed by atoms with E-state index in [0.29, 0.717) is 22.7 Å². The average Bonchev–Trinajstić information content (AvgIpc) is 2.99. The summed E-state index contributed by atoms with van der Waals surface area (Å²) in [6.45, 7) is 11.2. The molecule has 0 saturated heterocycles. The molecule has 0 aromatic rings. The zero-order chi connectivity index (χ0) is 19.4. The molecule has 9 atom stereocenters. The molecule has 0 spiro atoms. The minimum absolute atomic E-state index is 0.113. The first kappa shape index (κ1) is 19.7. The second-order valence-electron chi connectivity index (χ2n) is 10.8. The van der Waals surface area contributed by atoms with E-state index in [1.54, 1.807) is 5.57 Å². The predicted octanol–water partition coefficient (Wildman–Crippen LogP) is 5.50. The van der Waals surface area contributed by atoms with Gasteiger partial charge in [-0.2, -0.15) is 0 Å². The lowest BCUT2D eigenvalue weighted by Crippen LogP contribution is -2.51. The highest BCUT2D eigenvalue weighted by Gasteiger charge is 2.59. The van der Waals surface area contributed by atoms with Gasteiger partial charge in [0.25, 0.3) is 0 Å². The maximum absolute atomic E-state index is 10.6. The molecule has 3 fully saturated rings. The number of hydrogen-bond donors (Lipinski definition) is 2. The Bertz CT molecular complexity index is 609. The summed E-state index contributed by atoms with van der Waals surface area (Å²) in [6, 6.07) is 0. The van der Waals surface area contributed by atoms with E-state index in [1.807, 2.05) is 6.08 Å². The first-order chi connectivity index (χ1) is 12.8. The molecule has 0 amide bonds. The van der Waals surface area contributed by atoms with Crippen molar-refractivity contribution in [3.63, 3.8) is 0 Å². The minimum Gasteiger partial charge on any atom is -0.393 e. The van der Waals surface area contributed by atoms with Crippen molar-refractivity contribution in [2.24, 2.45) is 40.4 Å². The van der Waals surface area contributed by atoms with E-state index in [1.165, 1.54) is 38.5 Å². The van der Waals surface area contributed by atoms with Crippen molar-refractivity contribution in [3.05, 3.63) is 24.3 Å². The zero-order valence-electron chi connectivity index (χ0n) is 17.7. The maximum Gasteiger partial charge on any atom is 0.0602 e. The van der Waals surface area contributed by atoms with Crippen molar-refractivity contribution in [2.45, 2.75) is 90.8 Å². The number of rotatable bonds is 4. The monoisotopic (exact) mass is 372 g/mol. The summed E-state index contributed by atoms with van der Waals surface area (Å²) in [5.41, 5.74) is 2.28. The van der Waals surface area contributed by atoms with Gasteiger partial charge in [0, 0.05) is 0 Å². The highest BCUT2D eigenvalue weighted by Crippen LogP contribution is 2.67. The van der Waals surface area contributed by atoms with Crippen molar-refractivity contribution in [1.82, 2.24) is 0 Å². The number of allylic oxidation sites excluding steroid dienone is 1. The topological polar surface area (TPSA) is 40.5 Å². The molecule has 0 heterocycles. The molecule has 0 aromatic carbocycles. The van der Waals surface area contributed by atoms with Gasteiger partial charge in [-0.05, 0) is 98.2 Å². The summed E-state index contributed by atoms with van der Waals surface area (Å²) in [6.07, 6.45) is 14.3. The molecule has 4 aliphatic rings. The van der Waals surface area contributed by atoms with Crippen LogP contribution >= 0.6 is 0 Å². The molecule has 4 aliphatic carbocycles. The van der Waals surface area contributed by atoms with E-state index in [2.05, 4.69) is 33.4 Å². The lowest BCUT2D eigenvalue weighted by molar-refractivity contribution is -0.0669. The van der Waals surface area contributed by atoms with Crippen LogP contribution in [0.25, 0.3) is 0 Å². The molecule has 0 aliphatic heterocycles. The summed E-state index contributed by atoms with van der Waals surface area (Å²) < 4.78 is 0. The van der Waals surface area contributed by atoms with Crippen LogP contribution in [0.15, 0.2) is 24.3 Å². The van der Waals surface area contributed by atoms with Crippen LogP contribution in [0.1, 0.15) is 78.6 Å². The first-order valence-electron chi connectivity index (χ1n) is 11.5. The van der Waals surface area contributed by atoms with Gasteiger partial charge >= 0.3 is 0 Å². The fraction of sp³-hybridized carbons (Fsp3) is 0.840. The molecular formula is C25H40O2. The average molecular weight is 373 g/mol. The summed E-state index contributed by atoms with van der Waals surface area (Å²) >= 11 is 0. The van der Waals surface area contributed by atoms with Crippen molar-refractivity contribution in [1.29, 1.82) is 0 Å². The molecule has 2 nitrogen and oxygen atoms in total. The molecule has 0 unspecified atom stereocenters. The third-order valence-electron chi connectivity index (χ3n) is 9.80. The standard InChI is InChI=1S/C25H40O2/c1-5-6-23(27)16(2)20-9-10-21-19-8-7-17-15-18(26)11-13-24(17,3)22(19)12-14-25(20,21)4/h5,7,16,18-23,26-27H,1,6,8-15H2,2-4H3/t16-,18-,19-,20+,21-,22-,23-,24-,25+/m0/s1. The van der Waals surface area contributed by atoms with Gasteiger partial charge in [0.05, 0.1) is 12.2 Å². The van der Waals surface area contributed by atoms with Gasteiger partial charge in [-0.15, -0.1) is 6.58 Å². The van der Waals surface area contributed by atoms with E-state index in [-0.39, 0.29) is 12.2 Å². The smallest absolute Gasteiger partial charge is 0.0602 e. The first-order valence-corrected chi connectivity index (χ1v) is 11.5. The van der Waals surface area contributed by atoms with Crippen LogP contribution in [0.3, 0.4) is 0 Å². The number of aliphatic hydroxyl groups is 2. The fourth-order valence-electron chi connectivity index (χ4n) is 8.20. The van der Waals surface area contributed by atoms with Gasteiger partial charge < -0.3 is 10.2 Å². The van der Waals surface area contributed by atoms with E-state index >= 15 is 0 Å². The third-order valence-corrected chi connectivity index (χ3v) is 9.80. The van der Waals surface area contributed by atoms with Crippen molar-refractivity contribution in [2.75, 3.05) is 0 Å². The highest BCUT2D eigenvalue weighted by molar-refractivity contribution is 5.25. The van der Waals surface area contributed by atoms with Gasteiger partial charge in [0.15, 0.2) is 0 Å².